The zero-order chi connectivity index (χ0) is 10.1. The van der Waals surface area contributed by atoms with Crippen LogP contribution in [0.1, 0.15) is 34.1 Å². The van der Waals surface area contributed by atoms with Crippen LogP contribution in [0.5, 0.6) is 0 Å². The molecule has 1 atom stereocenters. The molecule has 4 N–H and O–H groups in total. The monoisotopic (exact) mass is 170 g/mol. The summed E-state index contributed by atoms with van der Waals surface area (Å²) in [7, 11) is 0. The Morgan fingerprint density at radius 1 is 1.50 bits per heavy atom. The van der Waals surface area contributed by atoms with Crippen LogP contribution in [0.2, 0.25) is 0 Å². The van der Waals surface area contributed by atoms with E-state index in [4.69, 9.17) is 11.5 Å². The first-order valence-electron chi connectivity index (χ1n) is 4.29. The molecule has 0 saturated heterocycles. The summed E-state index contributed by atoms with van der Waals surface area (Å²) in [6.07, 6.45) is 2.81. The third-order valence-corrected chi connectivity index (χ3v) is 1.60. The average Bonchev–Trinajstić information content (AvgIpc) is 2.03. The Morgan fingerprint density at radius 2 is 1.83 bits per heavy atom. The van der Waals surface area contributed by atoms with E-state index >= 15 is 0 Å². The Morgan fingerprint density at radius 3 is 1.92 bits per heavy atom. The van der Waals surface area contributed by atoms with Gasteiger partial charge in [0.1, 0.15) is 0 Å². The van der Waals surface area contributed by atoms with Crippen LogP contribution in [0.3, 0.4) is 0 Å². The maximum absolute atomic E-state index is 5.63. The number of nitrogens with two attached hydrogens (primary N) is 2. The SMILES string of the molecule is C=CC.CC[C@@H](C)/C(N)=C(\C)N. The Bertz CT molecular complexity index is 144. The van der Waals surface area contributed by atoms with Gasteiger partial charge in [0, 0.05) is 11.4 Å². The first kappa shape index (κ1) is 13.7. The Hall–Kier alpha value is -0.920. The fourth-order valence-electron chi connectivity index (χ4n) is 0.609. The van der Waals surface area contributed by atoms with Crippen molar-refractivity contribution in [2.45, 2.75) is 34.1 Å². The third-order valence-electron chi connectivity index (χ3n) is 1.60. The molecule has 0 saturated carbocycles. The second kappa shape index (κ2) is 8.18. The summed E-state index contributed by atoms with van der Waals surface area (Å²) in [4.78, 5) is 0. The van der Waals surface area contributed by atoms with Gasteiger partial charge in [-0.25, -0.2) is 0 Å². The van der Waals surface area contributed by atoms with Crippen LogP contribution in [-0.2, 0) is 0 Å². The van der Waals surface area contributed by atoms with Gasteiger partial charge in [-0.05, 0) is 26.2 Å². The maximum atomic E-state index is 5.63. The molecule has 0 aliphatic carbocycles. The normalized spacial score (nSPS) is 13.7. The molecule has 0 aliphatic rings. The predicted octanol–water partition coefficient (Wildman–Crippen LogP) is 2.37. The van der Waals surface area contributed by atoms with Crippen molar-refractivity contribution < 1.29 is 0 Å². The number of allylic oxidation sites excluding steroid dienone is 3. The molecule has 2 heteroatoms. The lowest BCUT2D eigenvalue weighted by molar-refractivity contribution is 0.638. The number of rotatable bonds is 2. The van der Waals surface area contributed by atoms with Crippen LogP contribution in [0.4, 0.5) is 0 Å². The summed E-state index contributed by atoms with van der Waals surface area (Å²) in [6, 6.07) is 0. The molecule has 0 spiro atoms. The lowest BCUT2D eigenvalue weighted by atomic mass is 10.0. The Labute approximate surface area is 76.3 Å². The molecule has 0 fully saturated rings. The van der Waals surface area contributed by atoms with Crippen molar-refractivity contribution >= 4 is 0 Å². The first-order chi connectivity index (χ1) is 5.51. The highest BCUT2D eigenvalue weighted by Gasteiger charge is 2.02. The average molecular weight is 170 g/mol. The van der Waals surface area contributed by atoms with E-state index < -0.39 is 0 Å². The quantitative estimate of drug-likeness (QED) is 0.625. The molecule has 0 radical (unpaired) electrons. The molecule has 0 aromatic rings. The van der Waals surface area contributed by atoms with Crippen molar-refractivity contribution in [1.82, 2.24) is 0 Å². The van der Waals surface area contributed by atoms with Gasteiger partial charge in [0.2, 0.25) is 0 Å². The lowest BCUT2D eigenvalue weighted by Gasteiger charge is -2.09. The van der Waals surface area contributed by atoms with Crippen LogP contribution < -0.4 is 11.5 Å². The molecule has 0 bridgehead atoms. The van der Waals surface area contributed by atoms with Gasteiger partial charge in [-0.3, -0.25) is 0 Å². The Balaban J connectivity index is 0. The van der Waals surface area contributed by atoms with E-state index in [0.717, 1.165) is 17.8 Å². The highest BCUT2D eigenvalue weighted by atomic mass is 14.7. The molecule has 2 nitrogen and oxygen atoms in total. The van der Waals surface area contributed by atoms with E-state index in [1.807, 2.05) is 13.8 Å². The topological polar surface area (TPSA) is 52.0 Å². The van der Waals surface area contributed by atoms with E-state index in [-0.39, 0.29) is 0 Å². The third kappa shape index (κ3) is 7.19. The molecule has 12 heavy (non-hydrogen) atoms. The van der Waals surface area contributed by atoms with Crippen LogP contribution in [0, 0.1) is 5.92 Å². The van der Waals surface area contributed by atoms with Gasteiger partial charge in [0.05, 0.1) is 0 Å². The molecule has 72 valence electrons. The summed E-state index contributed by atoms with van der Waals surface area (Å²) < 4.78 is 0. The zero-order valence-electron chi connectivity index (χ0n) is 8.72. The number of hydrogen-bond donors (Lipinski definition) is 2. The molecule has 0 aromatic heterocycles. The van der Waals surface area contributed by atoms with Gasteiger partial charge in [-0.1, -0.05) is 19.9 Å². The summed E-state index contributed by atoms with van der Waals surface area (Å²) in [5.74, 6) is 0.426. The summed E-state index contributed by atoms with van der Waals surface area (Å²) in [5, 5.41) is 0. The van der Waals surface area contributed by atoms with Gasteiger partial charge >= 0.3 is 0 Å². The van der Waals surface area contributed by atoms with E-state index in [0.29, 0.717) is 5.92 Å². The second-order valence-electron chi connectivity index (χ2n) is 2.86. The van der Waals surface area contributed by atoms with Crippen molar-refractivity contribution in [3.05, 3.63) is 24.0 Å². The van der Waals surface area contributed by atoms with Crippen molar-refractivity contribution in [1.29, 1.82) is 0 Å². The molecule has 0 unspecified atom stereocenters. The van der Waals surface area contributed by atoms with Gasteiger partial charge in [-0.2, -0.15) is 0 Å². The van der Waals surface area contributed by atoms with Gasteiger partial charge in [0.25, 0.3) is 0 Å². The van der Waals surface area contributed by atoms with Crippen LogP contribution >= 0.6 is 0 Å². The van der Waals surface area contributed by atoms with Crippen molar-refractivity contribution in [3.63, 3.8) is 0 Å². The van der Waals surface area contributed by atoms with Crippen LogP contribution in [0.25, 0.3) is 0 Å². The summed E-state index contributed by atoms with van der Waals surface area (Å²) in [6.45, 7) is 11.3. The van der Waals surface area contributed by atoms with Gasteiger partial charge < -0.3 is 11.5 Å². The highest BCUT2D eigenvalue weighted by Crippen LogP contribution is 2.09. The maximum Gasteiger partial charge on any atom is 0.0297 e. The molecular weight excluding hydrogens is 148 g/mol. The van der Waals surface area contributed by atoms with E-state index in [1.165, 1.54) is 0 Å². The smallest absolute Gasteiger partial charge is 0.0297 e. The molecule has 0 aromatic carbocycles. The minimum Gasteiger partial charge on any atom is -0.401 e. The molecule has 0 rings (SSSR count). The predicted molar refractivity (Wildman–Crippen MR) is 56.4 cm³/mol. The fourth-order valence-corrected chi connectivity index (χ4v) is 0.609. The number of hydrogen-bond acceptors (Lipinski definition) is 2. The van der Waals surface area contributed by atoms with E-state index in [9.17, 15) is 0 Å². The minimum absolute atomic E-state index is 0.426. The van der Waals surface area contributed by atoms with E-state index in [1.54, 1.807) is 6.08 Å². The van der Waals surface area contributed by atoms with Gasteiger partial charge in [0.15, 0.2) is 0 Å². The van der Waals surface area contributed by atoms with E-state index in [2.05, 4.69) is 20.4 Å². The summed E-state index contributed by atoms with van der Waals surface area (Å²) >= 11 is 0. The Kier molecular flexibility index (Phi) is 9.31. The molecule has 0 aliphatic heterocycles. The largest absolute Gasteiger partial charge is 0.401 e. The van der Waals surface area contributed by atoms with Crippen LogP contribution in [-0.4, -0.2) is 0 Å². The highest BCUT2D eigenvalue weighted by molar-refractivity contribution is 5.06. The second-order valence-corrected chi connectivity index (χ2v) is 2.86. The van der Waals surface area contributed by atoms with Crippen molar-refractivity contribution in [2.75, 3.05) is 0 Å². The van der Waals surface area contributed by atoms with Crippen LogP contribution in [0.15, 0.2) is 24.0 Å². The zero-order valence-corrected chi connectivity index (χ0v) is 8.72. The standard InChI is InChI=1S/C7H16N2.C3H6/c1-4-5(2)7(9)6(3)8;1-3-2/h5H,4,8-9H2,1-3H3;3H,1H2,2H3/b7-6-;/t5-;/m1./s1. The van der Waals surface area contributed by atoms with Crippen molar-refractivity contribution in [3.8, 4) is 0 Å². The first-order valence-corrected chi connectivity index (χ1v) is 4.29. The lowest BCUT2D eigenvalue weighted by Crippen LogP contribution is -2.13. The molecular formula is C10H22N2. The minimum atomic E-state index is 0.426. The molecule has 0 amide bonds. The molecule has 0 heterocycles. The summed E-state index contributed by atoms with van der Waals surface area (Å²) in [5.41, 5.74) is 12.7. The fraction of sp³-hybridized carbons (Fsp3) is 0.600. The van der Waals surface area contributed by atoms with Crippen molar-refractivity contribution in [2.24, 2.45) is 17.4 Å². The van der Waals surface area contributed by atoms with Gasteiger partial charge in [-0.15, -0.1) is 6.58 Å².